The average Bonchev–Trinajstić information content (AvgIpc) is 1.69. The maximum absolute atomic E-state index is 9.14. The molecule has 0 atom stereocenters. The Hall–Kier alpha value is -18.5. The highest BCUT2D eigenvalue weighted by Crippen LogP contribution is 2.50. The normalized spacial score (nSPS) is 12.1. The minimum Gasteiger partial charge on any atom is -0.276 e. The molecule has 0 saturated heterocycles. The van der Waals surface area contributed by atoms with Gasteiger partial charge in [-0.25, -0.2) is 15.0 Å². The van der Waals surface area contributed by atoms with Crippen LogP contribution < -0.4 is 0 Å². The first-order valence-electron chi connectivity index (χ1n) is 50.2. The fourth-order valence-corrected chi connectivity index (χ4v) is 24.1. The summed E-state index contributed by atoms with van der Waals surface area (Å²) in [5.74, 6) is 4.96. The summed E-state index contributed by atoms with van der Waals surface area (Å²) >= 11 is 5.29. The Morgan fingerprint density at radius 3 is 0.897 bits per heavy atom. The van der Waals surface area contributed by atoms with Gasteiger partial charge in [-0.1, -0.05) is 412 Å². The third-order valence-corrected chi connectivity index (χ3v) is 30.8. The van der Waals surface area contributed by atoms with Crippen LogP contribution in [0, 0.1) is 0 Å². The van der Waals surface area contributed by atoms with E-state index in [-0.39, 0.29) is 30.1 Å². The molecular weight excluding hydrogens is 1830 g/mol. The van der Waals surface area contributed by atoms with Gasteiger partial charge in [0.2, 0.25) is 17.8 Å². The lowest BCUT2D eigenvalue weighted by Gasteiger charge is -2.11. The summed E-state index contributed by atoms with van der Waals surface area (Å²) in [4.78, 5) is 45.8. The number of para-hydroxylation sites is 1. The van der Waals surface area contributed by atoms with E-state index in [1.165, 1.54) is 101 Å². The molecule has 0 unspecified atom stereocenters. The van der Waals surface area contributed by atoms with Crippen LogP contribution >= 0.6 is 34.0 Å². The summed E-state index contributed by atoms with van der Waals surface area (Å²) in [6.45, 7) is 2.06. The smallest absolute Gasteiger partial charge is 0.238 e. The van der Waals surface area contributed by atoms with Crippen molar-refractivity contribution in [3.63, 3.8) is 0 Å². The van der Waals surface area contributed by atoms with E-state index < -0.39 is 0 Å². The van der Waals surface area contributed by atoms with E-state index in [1.54, 1.807) is 11.3 Å². The van der Waals surface area contributed by atoms with Gasteiger partial charge < -0.3 is 0 Å². The molecule has 145 heavy (non-hydrogen) atoms. The molecule has 15 heteroatoms. The first-order chi connectivity index (χ1) is 73.5. The van der Waals surface area contributed by atoms with Crippen molar-refractivity contribution in [3.8, 4) is 131 Å². The van der Waals surface area contributed by atoms with E-state index in [0.717, 1.165) is 103 Å². The monoisotopic (exact) mass is 1910 g/mol. The lowest BCUT2D eigenvalue weighted by Crippen LogP contribution is -2.06. The number of thiophene rings is 3. The van der Waals surface area contributed by atoms with Gasteiger partial charge in [0.25, 0.3) is 0 Å². The van der Waals surface area contributed by atoms with Crippen LogP contribution in [0.3, 0.4) is 0 Å². The number of aromatic nitrogens is 12. The van der Waals surface area contributed by atoms with Crippen LogP contribution in [0.5, 0.6) is 0 Å². The fourth-order valence-electron chi connectivity index (χ4n) is 20.4. The second-order valence-electron chi connectivity index (χ2n) is 35.9. The van der Waals surface area contributed by atoms with Crippen molar-refractivity contribution in [1.29, 1.82) is 0 Å². The Bertz CT molecular complexity index is 10200. The molecule has 0 radical (unpaired) electrons. The van der Waals surface area contributed by atoms with Gasteiger partial charge in [-0.15, -0.1) is 34.0 Å². The molecule has 0 N–H and O–H groups in total. The van der Waals surface area contributed by atoms with Crippen molar-refractivity contribution in [2.45, 2.75) is 6.92 Å². The summed E-state index contributed by atoms with van der Waals surface area (Å²) in [6, 6.07) is 153. The molecule has 12 nitrogen and oxygen atoms in total. The van der Waals surface area contributed by atoms with Gasteiger partial charge in [-0.3, -0.25) is 13.7 Å². The van der Waals surface area contributed by atoms with E-state index in [2.05, 4.69) is 313 Å². The number of benzene rings is 20. The maximum atomic E-state index is 9.14. The molecule has 29 rings (SSSR count). The number of hydrogen-bond acceptors (Lipinski definition) is 12. The quantitative estimate of drug-likeness (QED) is 0.104. The topological polar surface area (TPSA) is 131 Å². The van der Waals surface area contributed by atoms with Crippen molar-refractivity contribution in [2.24, 2.45) is 0 Å². The molecule has 9 heterocycles. The van der Waals surface area contributed by atoms with Gasteiger partial charge in [0.15, 0.2) is 34.9 Å². The van der Waals surface area contributed by atoms with Gasteiger partial charge in [-0.05, 0) is 134 Å². The lowest BCUT2D eigenvalue weighted by atomic mass is 9.97. The minimum absolute atomic E-state index is 0.0952. The Labute approximate surface area is 850 Å². The Balaban J connectivity index is 0.000000110. The zero-order valence-electron chi connectivity index (χ0n) is 81.9. The van der Waals surface area contributed by atoms with Gasteiger partial charge >= 0.3 is 0 Å². The lowest BCUT2D eigenvalue weighted by molar-refractivity contribution is 0.955. The van der Waals surface area contributed by atoms with Gasteiger partial charge in [-0.2, -0.15) is 29.9 Å². The maximum Gasteiger partial charge on any atom is 0.238 e. The Morgan fingerprint density at radius 2 is 0.510 bits per heavy atom. The summed E-state index contributed by atoms with van der Waals surface area (Å²) in [5.41, 5.74) is 21.4. The molecule has 0 fully saturated rings. The van der Waals surface area contributed by atoms with Gasteiger partial charge in [0.1, 0.15) is 0 Å². The van der Waals surface area contributed by atoms with E-state index in [9.17, 15) is 0 Å². The molecule has 0 aliphatic rings. The summed E-state index contributed by atoms with van der Waals surface area (Å²) in [5, 5.41) is 15.4. The highest BCUT2D eigenvalue weighted by molar-refractivity contribution is 7.27. The third kappa shape index (κ3) is 15.4. The van der Waals surface area contributed by atoms with Gasteiger partial charge in [0.05, 0.1) is 52.7 Å². The number of nitrogens with zero attached hydrogens (tertiary/aromatic N) is 12. The largest absolute Gasteiger partial charge is 0.276 e. The predicted molar refractivity (Wildman–Crippen MR) is 608 cm³/mol. The molecule has 0 bridgehead atoms. The van der Waals surface area contributed by atoms with Crippen LogP contribution in [0.1, 0.15) is 18.0 Å². The Kier molecular flexibility index (Phi) is 20.4. The summed E-state index contributed by atoms with van der Waals surface area (Å²) in [7, 11) is 0. The van der Waals surface area contributed by atoms with Crippen molar-refractivity contribution in [2.75, 3.05) is 0 Å². The number of hydrogen-bond donors (Lipinski definition) is 0. The van der Waals surface area contributed by atoms with Crippen LogP contribution in [0.4, 0.5) is 0 Å². The summed E-state index contributed by atoms with van der Waals surface area (Å²) < 4.78 is 48.7. The van der Waals surface area contributed by atoms with Crippen molar-refractivity contribution < 1.29 is 5.48 Å². The number of rotatable bonds is 14. The molecule has 0 aliphatic heterocycles. The molecule has 0 spiro atoms. The second-order valence-corrected chi connectivity index (χ2v) is 39.0. The highest BCUT2D eigenvalue weighted by atomic mass is 32.1. The zero-order valence-corrected chi connectivity index (χ0v) is 80.3. The van der Waals surface area contributed by atoms with Crippen molar-refractivity contribution >= 4 is 177 Å². The van der Waals surface area contributed by atoms with E-state index in [0.29, 0.717) is 63.1 Å². The number of fused-ring (bicyclic) bond motifs is 22. The SMILES string of the molecule is C/C=C/c1ccc2sc3c(ccc4c5cc(-c6ccccc6)ccc5n(-c5nc(-c6ccccc6)nc(-c6ccccc6)n5)c43)c2c1.[2H]c1c([2H])c([2H])c2c(c1[2H])c1ccc3c4cc(-c5ccccc5)ccc4sc3c1n2-c1nc(-c2ccccc2)nc(-c2ccccc2)n1.c1ccc(-c2ccc3sc4c(ccc5c6cc(-c7cccc8ccccc78)ccc6n(-c6nc(-c7ccccc7)nc(-c7ccccc7)n6)c54)c3c2)cc1. The van der Waals surface area contributed by atoms with Crippen LogP contribution in [0.2, 0.25) is 0 Å². The molecular formula is C130H82N12S3. The second kappa shape index (κ2) is 36.3. The minimum atomic E-state index is -0.308. The van der Waals surface area contributed by atoms with Crippen molar-refractivity contribution in [1.82, 2.24) is 58.6 Å². The first-order valence-corrected chi connectivity index (χ1v) is 50.6. The average molecular weight is 1910 g/mol. The molecule has 0 aliphatic carbocycles. The first kappa shape index (κ1) is 81.3. The molecule has 29 aromatic rings. The molecule has 0 amide bonds. The Morgan fingerprint density at radius 1 is 0.214 bits per heavy atom. The van der Waals surface area contributed by atoms with E-state index in [1.807, 2.05) is 185 Å². The molecule has 9 aromatic heterocycles. The third-order valence-electron chi connectivity index (χ3n) is 27.2. The zero-order chi connectivity index (χ0) is 99.4. The molecule has 20 aromatic carbocycles. The van der Waals surface area contributed by atoms with Gasteiger partial charge in [0, 0.05) is 112 Å². The summed E-state index contributed by atoms with van der Waals surface area (Å²) in [6.07, 6.45) is 4.25. The molecule has 0 saturated carbocycles. The standard InChI is InChI=1S/C49H30N4S.C42H28N4S.C39H24N4S/c1-4-13-31(14-5-1)35-24-28-44-42(29-35)40-26-25-39-41-30-36(38-22-12-20-32-15-10-11-21-37(32)38)23-27-43(41)53(45(39)46(40)54-44)49-51-47(33-16-6-2-7-17-33)50-48(52-49)34-18-8-3-9-19-34;1-2-12-27-19-24-37-35(25-27)33-22-21-32-34-26-31(28-13-6-3-7-14-28)20-23-36(34)46(38(32)39(33)47-37)42-44-40(29-15-8-4-9-16-29)43-41(45-42)30-17-10-5-11-18-30;1-4-12-25(13-5-1)28-20-23-34-32(24-28)31-22-21-30-29-18-10-11-19-33(29)43(35(30)36(31)44-34)39-41-37(26-14-6-2-7-15-26)40-38(42-39)27-16-8-3-9-17-27/h1-30H;2-26H,1H3;1-24H/b;12-2+;/i;;10D,11D,18D,19D. The van der Waals surface area contributed by atoms with Crippen LogP contribution in [-0.4, -0.2) is 58.6 Å². The van der Waals surface area contributed by atoms with Crippen LogP contribution in [0.15, 0.2) is 473 Å². The van der Waals surface area contributed by atoms with Crippen molar-refractivity contribution in [3.05, 3.63) is 479 Å². The van der Waals surface area contributed by atoms with E-state index in [4.69, 9.17) is 50.3 Å². The molecule has 680 valence electrons. The number of allylic oxidation sites excluding steroid dienone is 1. The van der Waals surface area contributed by atoms with Crippen LogP contribution in [-0.2, 0) is 0 Å². The highest BCUT2D eigenvalue weighted by Gasteiger charge is 2.28. The van der Waals surface area contributed by atoms with E-state index >= 15 is 0 Å². The predicted octanol–water partition coefficient (Wildman–Crippen LogP) is 34.9. The fraction of sp³-hybridized carbons (Fsp3) is 0.00769. The van der Waals surface area contributed by atoms with Crippen LogP contribution in [0.25, 0.3) is 273 Å².